The molecule has 0 radical (unpaired) electrons. The zero-order valence-corrected chi connectivity index (χ0v) is 9.85. The third-order valence-electron chi connectivity index (χ3n) is 2.55. The van der Waals surface area contributed by atoms with Crippen molar-refractivity contribution in [1.82, 2.24) is 4.90 Å². The first-order chi connectivity index (χ1) is 6.27. The van der Waals surface area contributed by atoms with Gasteiger partial charge in [-0.05, 0) is 25.2 Å². The van der Waals surface area contributed by atoms with Crippen molar-refractivity contribution in [2.45, 2.75) is 32.6 Å². The molecule has 0 aromatic heterocycles. The van der Waals surface area contributed by atoms with Crippen LogP contribution in [0.4, 0.5) is 0 Å². The van der Waals surface area contributed by atoms with Gasteiger partial charge < -0.3 is 4.90 Å². The summed E-state index contributed by atoms with van der Waals surface area (Å²) in [6.07, 6.45) is 4.12. The van der Waals surface area contributed by atoms with Crippen LogP contribution in [0.25, 0.3) is 0 Å². The SMILES string of the molecule is CCCC(=O)N1CCCC(CBr)C1. The van der Waals surface area contributed by atoms with E-state index in [1.807, 2.05) is 4.90 Å². The summed E-state index contributed by atoms with van der Waals surface area (Å²) in [7, 11) is 0. The van der Waals surface area contributed by atoms with Gasteiger partial charge in [0.2, 0.25) is 5.91 Å². The van der Waals surface area contributed by atoms with Crippen molar-refractivity contribution in [3.8, 4) is 0 Å². The van der Waals surface area contributed by atoms with Crippen molar-refractivity contribution < 1.29 is 4.79 Å². The predicted octanol–water partition coefficient (Wildman–Crippen LogP) is 2.42. The first-order valence-electron chi connectivity index (χ1n) is 5.11. The summed E-state index contributed by atoms with van der Waals surface area (Å²) in [5.41, 5.74) is 0. The fraction of sp³-hybridized carbons (Fsp3) is 0.900. The summed E-state index contributed by atoms with van der Waals surface area (Å²) >= 11 is 3.49. The number of likely N-dealkylation sites (tertiary alicyclic amines) is 1. The number of amides is 1. The number of piperidine rings is 1. The fourth-order valence-electron chi connectivity index (χ4n) is 1.79. The van der Waals surface area contributed by atoms with Gasteiger partial charge in [0.05, 0.1) is 0 Å². The smallest absolute Gasteiger partial charge is 0.222 e. The monoisotopic (exact) mass is 247 g/mol. The molecule has 1 aliphatic heterocycles. The highest BCUT2D eigenvalue weighted by Crippen LogP contribution is 2.18. The molecule has 2 nitrogen and oxygen atoms in total. The Bertz CT molecular complexity index is 172. The van der Waals surface area contributed by atoms with Gasteiger partial charge in [-0.1, -0.05) is 22.9 Å². The summed E-state index contributed by atoms with van der Waals surface area (Å²) in [5, 5.41) is 1.03. The van der Waals surface area contributed by atoms with Crippen LogP contribution in [-0.2, 0) is 4.79 Å². The number of nitrogens with zero attached hydrogens (tertiary/aromatic N) is 1. The molecule has 1 fully saturated rings. The van der Waals surface area contributed by atoms with Crippen LogP contribution in [-0.4, -0.2) is 29.2 Å². The normalized spacial score (nSPS) is 23.2. The van der Waals surface area contributed by atoms with E-state index < -0.39 is 0 Å². The van der Waals surface area contributed by atoms with Gasteiger partial charge in [0.1, 0.15) is 0 Å². The van der Waals surface area contributed by atoms with E-state index in [0.29, 0.717) is 11.8 Å². The summed E-state index contributed by atoms with van der Waals surface area (Å²) in [6.45, 7) is 4.00. The molecule has 13 heavy (non-hydrogen) atoms. The van der Waals surface area contributed by atoms with Gasteiger partial charge in [0.15, 0.2) is 0 Å². The highest BCUT2D eigenvalue weighted by Gasteiger charge is 2.21. The van der Waals surface area contributed by atoms with Gasteiger partial charge in [-0.3, -0.25) is 4.79 Å². The highest BCUT2D eigenvalue weighted by atomic mass is 79.9. The predicted molar refractivity (Wildman–Crippen MR) is 58.0 cm³/mol. The number of halogens is 1. The summed E-state index contributed by atoms with van der Waals surface area (Å²) < 4.78 is 0. The molecule has 0 bridgehead atoms. The Morgan fingerprint density at radius 1 is 1.62 bits per heavy atom. The number of carbonyl (C=O) groups is 1. The maximum Gasteiger partial charge on any atom is 0.222 e. The van der Waals surface area contributed by atoms with Crippen molar-refractivity contribution in [2.75, 3.05) is 18.4 Å². The number of rotatable bonds is 3. The summed E-state index contributed by atoms with van der Waals surface area (Å²) in [5.74, 6) is 1.02. The maximum atomic E-state index is 11.6. The minimum Gasteiger partial charge on any atom is -0.342 e. The average molecular weight is 248 g/mol. The van der Waals surface area contributed by atoms with Crippen LogP contribution in [0.1, 0.15) is 32.6 Å². The Labute approximate surface area is 88.8 Å². The zero-order valence-electron chi connectivity index (χ0n) is 8.26. The maximum absolute atomic E-state index is 11.6. The molecule has 0 N–H and O–H groups in total. The minimum absolute atomic E-state index is 0.341. The molecule has 1 saturated heterocycles. The second-order valence-electron chi connectivity index (χ2n) is 3.75. The quantitative estimate of drug-likeness (QED) is 0.702. The molecule has 0 aromatic carbocycles. The lowest BCUT2D eigenvalue weighted by Crippen LogP contribution is -2.40. The van der Waals surface area contributed by atoms with Crippen LogP contribution >= 0.6 is 15.9 Å². The second-order valence-corrected chi connectivity index (χ2v) is 4.40. The van der Waals surface area contributed by atoms with Gasteiger partial charge in [-0.15, -0.1) is 0 Å². The molecule has 0 spiro atoms. The van der Waals surface area contributed by atoms with Crippen molar-refractivity contribution in [3.05, 3.63) is 0 Å². The van der Waals surface area contributed by atoms with E-state index >= 15 is 0 Å². The first-order valence-corrected chi connectivity index (χ1v) is 6.23. The lowest BCUT2D eigenvalue weighted by molar-refractivity contribution is -0.132. The van der Waals surface area contributed by atoms with Gasteiger partial charge in [-0.25, -0.2) is 0 Å². The lowest BCUT2D eigenvalue weighted by Gasteiger charge is -2.31. The van der Waals surface area contributed by atoms with E-state index in [0.717, 1.165) is 31.3 Å². The van der Waals surface area contributed by atoms with E-state index in [-0.39, 0.29) is 0 Å². The third kappa shape index (κ3) is 3.29. The molecular weight excluding hydrogens is 230 g/mol. The summed E-state index contributed by atoms with van der Waals surface area (Å²) in [4.78, 5) is 13.6. The van der Waals surface area contributed by atoms with Crippen molar-refractivity contribution in [3.63, 3.8) is 0 Å². The standard InChI is InChI=1S/C10H18BrNO/c1-2-4-10(13)12-6-3-5-9(7-11)8-12/h9H,2-8H2,1H3. The van der Waals surface area contributed by atoms with Crippen LogP contribution < -0.4 is 0 Å². The molecule has 1 aliphatic rings. The Balaban J connectivity index is 2.37. The van der Waals surface area contributed by atoms with Crippen LogP contribution in [0.15, 0.2) is 0 Å². The topological polar surface area (TPSA) is 20.3 Å². The van der Waals surface area contributed by atoms with E-state index in [1.165, 1.54) is 12.8 Å². The van der Waals surface area contributed by atoms with Gasteiger partial charge >= 0.3 is 0 Å². The van der Waals surface area contributed by atoms with Crippen molar-refractivity contribution >= 4 is 21.8 Å². The number of alkyl halides is 1. The van der Waals surface area contributed by atoms with Crippen LogP contribution in [0.3, 0.4) is 0 Å². The fourth-order valence-corrected chi connectivity index (χ4v) is 2.32. The highest BCUT2D eigenvalue weighted by molar-refractivity contribution is 9.09. The Kier molecular flexibility index (Phi) is 4.78. The lowest BCUT2D eigenvalue weighted by atomic mass is 10.00. The van der Waals surface area contributed by atoms with Gasteiger partial charge in [0.25, 0.3) is 0 Å². The first kappa shape index (κ1) is 11.0. The van der Waals surface area contributed by atoms with E-state index in [1.54, 1.807) is 0 Å². The molecule has 0 aromatic rings. The zero-order chi connectivity index (χ0) is 9.68. The molecule has 1 amide bonds. The average Bonchev–Trinajstić information content (AvgIpc) is 2.18. The summed E-state index contributed by atoms with van der Waals surface area (Å²) in [6, 6.07) is 0. The Morgan fingerprint density at radius 3 is 3.00 bits per heavy atom. The van der Waals surface area contributed by atoms with E-state index in [2.05, 4.69) is 22.9 Å². The molecule has 1 rings (SSSR count). The molecule has 0 aliphatic carbocycles. The largest absolute Gasteiger partial charge is 0.342 e. The Hall–Kier alpha value is -0.0500. The van der Waals surface area contributed by atoms with E-state index in [4.69, 9.17) is 0 Å². The Morgan fingerprint density at radius 2 is 2.38 bits per heavy atom. The van der Waals surface area contributed by atoms with Crippen LogP contribution in [0, 0.1) is 5.92 Å². The van der Waals surface area contributed by atoms with Crippen molar-refractivity contribution in [2.24, 2.45) is 5.92 Å². The molecule has 3 heteroatoms. The van der Waals surface area contributed by atoms with Gasteiger partial charge in [-0.2, -0.15) is 0 Å². The van der Waals surface area contributed by atoms with E-state index in [9.17, 15) is 4.79 Å². The van der Waals surface area contributed by atoms with Crippen LogP contribution in [0.2, 0.25) is 0 Å². The van der Waals surface area contributed by atoms with Crippen LogP contribution in [0.5, 0.6) is 0 Å². The number of hydrogen-bond donors (Lipinski definition) is 0. The van der Waals surface area contributed by atoms with Crippen molar-refractivity contribution in [1.29, 1.82) is 0 Å². The minimum atomic E-state index is 0.341. The molecule has 1 atom stereocenters. The molecule has 1 unspecified atom stereocenters. The number of hydrogen-bond acceptors (Lipinski definition) is 1. The molecule has 0 saturated carbocycles. The number of carbonyl (C=O) groups excluding carboxylic acids is 1. The molecule has 1 heterocycles. The third-order valence-corrected chi connectivity index (χ3v) is 3.47. The molecular formula is C10H18BrNO. The second kappa shape index (κ2) is 5.63. The molecule has 76 valence electrons. The van der Waals surface area contributed by atoms with Gasteiger partial charge in [0, 0.05) is 24.8 Å².